The van der Waals surface area contributed by atoms with Crippen LogP contribution in [-0.4, -0.2) is 0 Å². The number of hydrogen-bond donors (Lipinski definition) is 0. The molecule has 11 aromatic carbocycles. The molecule has 0 spiro atoms. The van der Waals surface area contributed by atoms with Crippen molar-refractivity contribution in [3.8, 4) is 55.6 Å². The van der Waals surface area contributed by atoms with E-state index in [9.17, 15) is 5.48 Å². The zero-order chi connectivity index (χ0) is 44.0. The van der Waals surface area contributed by atoms with Crippen molar-refractivity contribution in [1.82, 2.24) is 0 Å². The molecule has 0 amide bonds. The van der Waals surface area contributed by atoms with Crippen molar-refractivity contribution in [2.24, 2.45) is 0 Å². The van der Waals surface area contributed by atoms with Crippen LogP contribution in [0.2, 0.25) is 0 Å². The molecular formula is C60H41N. The molecule has 0 unspecified atom stereocenters. The highest BCUT2D eigenvalue weighted by Crippen LogP contribution is 2.42. The highest BCUT2D eigenvalue weighted by atomic mass is 15.1. The van der Waals surface area contributed by atoms with Crippen LogP contribution in [0.4, 0.5) is 17.1 Å². The molecule has 1 heteroatoms. The summed E-state index contributed by atoms with van der Waals surface area (Å²) in [5.74, 6) is 0. The summed E-state index contributed by atoms with van der Waals surface area (Å²) in [5.41, 5.74) is 11.1. The summed E-state index contributed by atoms with van der Waals surface area (Å²) in [6, 6.07) is 76.3. The van der Waals surface area contributed by atoms with Crippen molar-refractivity contribution >= 4 is 49.4 Å². The Labute approximate surface area is 362 Å². The number of fused-ring (bicyclic) bond motifs is 3. The Kier molecular flexibility index (Phi) is 8.18. The van der Waals surface area contributed by atoms with Gasteiger partial charge in [-0.1, -0.05) is 206 Å². The number of anilines is 3. The van der Waals surface area contributed by atoms with Gasteiger partial charge >= 0.3 is 0 Å². The number of benzene rings is 11. The SMILES string of the molecule is [2H]c1c([2H])c(N(c2ccc(-c3ccc4ccccc4c3-c3ccccc3)cc2)c2ccc(-c3cccc4ccccc34)cc2)c([2H])c([2H])c1-c1ccc(-c2ccc3ccccc3c2)cc1. The third-order valence-electron chi connectivity index (χ3n) is 11.7. The average Bonchev–Trinajstić information content (AvgIpc) is 3.37. The molecule has 0 heterocycles. The van der Waals surface area contributed by atoms with E-state index in [2.05, 4.69) is 152 Å². The molecule has 0 aliphatic heterocycles. The number of nitrogens with zero attached hydrogens (tertiary/aromatic N) is 1. The summed E-state index contributed by atoms with van der Waals surface area (Å²) in [5, 5.41) is 6.96. The minimum absolute atomic E-state index is 0.0999. The number of rotatable bonds is 8. The van der Waals surface area contributed by atoms with E-state index in [1.165, 1.54) is 10.8 Å². The summed E-state index contributed by atoms with van der Waals surface area (Å²) in [7, 11) is 0. The van der Waals surface area contributed by atoms with E-state index in [-0.39, 0.29) is 35.4 Å². The van der Waals surface area contributed by atoms with Crippen LogP contribution in [0.1, 0.15) is 5.48 Å². The molecule has 1 nitrogen and oxygen atoms in total. The van der Waals surface area contributed by atoms with Crippen LogP contribution in [0.15, 0.2) is 249 Å². The van der Waals surface area contributed by atoms with E-state index in [0.717, 1.165) is 66.1 Å². The van der Waals surface area contributed by atoms with Crippen LogP contribution in [0.3, 0.4) is 0 Å². The molecule has 61 heavy (non-hydrogen) atoms. The Morgan fingerprint density at radius 2 is 0.754 bits per heavy atom. The second-order valence-electron chi connectivity index (χ2n) is 15.4. The summed E-state index contributed by atoms with van der Waals surface area (Å²) >= 11 is 0. The zero-order valence-electron chi connectivity index (χ0n) is 37.3. The molecule has 0 bridgehead atoms. The lowest BCUT2D eigenvalue weighted by molar-refractivity contribution is 1.28. The minimum atomic E-state index is -0.122. The van der Waals surface area contributed by atoms with Crippen molar-refractivity contribution in [2.45, 2.75) is 0 Å². The van der Waals surface area contributed by atoms with Gasteiger partial charge in [0.2, 0.25) is 0 Å². The van der Waals surface area contributed by atoms with Gasteiger partial charge in [0.25, 0.3) is 0 Å². The molecule has 286 valence electrons. The lowest BCUT2D eigenvalue weighted by Gasteiger charge is -2.26. The molecule has 11 aromatic rings. The van der Waals surface area contributed by atoms with Crippen molar-refractivity contribution in [3.63, 3.8) is 0 Å². The molecule has 0 N–H and O–H groups in total. The molecule has 11 rings (SSSR count). The topological polar surface area (TPSA) is 3.24 Å². The maximum atomic E-state index is 9.62. The first kappa shape index (κ1) is 31.9. The second-order valence-corrected chi connectivity index (χ2v) is 15.4. The molecular weight excluding hydrogens is 735 g/mol. The fourth-order valence-electron chi connectivity index (χ4n) is 8.65. The molecule has 0 atom stereocenters. The van der Waals surface area contributed by atoms with Gasteiger partial charge in [-0.05, 0) is 130 Å². The maximum absolute atomic E-state index is 9.62. The van der Waals surface area contributed by atoms with Crippen molar-refractivity contribution in [2.75, 3.05) is 4.90 Å². The average molecular weight is 780 g/mol. The van der Waals surface area contributed by atoms with Gasteiger partial charge in [0.15, 0.2) is 0 Å². The van der Waals surface area contributed by atoms with E-state index < -0.39 is 0 Å². The fourth-order valence-corrected chi connectivity index (χ4v) is 8.65. The smallest absolute Gasteiger partial charge is 0.0645 e. The molecule has 0 aromatic heterocycles. The predicted octanol–water partition coefficient (Wildman–Crippen LogP) is 17.0. The summed E-state index contributed by atoms with van der Waals surface area (Å²) < 4.78 is 38.2. The first-order valence-corrected chi connectivity index (χ1v) is 20.7. The van der Waals surface area contributed by atoms with Crippen molar-refractivity contribution in [3.05, 3.63) is 249 Å². The molecule has 0 aliphatic carbocycles. The van der Waals surface area contributed by atoms with Crippen LogP contribution in [-0.2, 0) is 0 Å². The van der Waals surface area contributed by atoms with E-state index in [4.69, 9.17) is 0 Å². The summed E-state index contributed by atoms with van der Waals surface area (Å²) in [6.07, 6.45) is 0. The van der Waals surface area contributed by atoms with Crippen LogP contribution < -0.4 is 4.90 Å². The predicted molar refractivity (Wildman–Crippen MR) is 261 cm³/mol. The highest BCUT2D eigenvalue weighted by molar-refractivity contribution is 6.04. The lowest BCUT2D eigenvalue weighted by Crippen LogP contribution is -2.09. The fraction of sp³-hybridized carbons (Fsp3) is 0. The van der Waals surface area contributed by atoms with E-state index >= 15 is 0 Å². The van der Waals surface area contributed by atoms with Crippen LogP contribution in [0, 0.1) is 0 Å². The van der Waals surface area contributed by atoms with Crippen LogP contribution in [0.5, 0.6) is 0 Å². The van der Waals surface area contributed by atoms with Gasteiger partial charge in [0.1, 0.15) is 0 Å². The van der Waals surface area contributed by atoms with Crippen molar-refractivity contribution in [1.29, 1.82) is 0 Å². The maximum Gasteiger partial charge on any atom is 0.0645 e. The Balaban J connectivity index is 1.03. The Hall–Kier alpha value is -8.00. The van der Waals surface area contributed by atoms with Gasteiger partial charge in [0.05, 0.1) is 5.48 Å². The van der Waals surface area contributed by atoms with Crippen LogP contribution >= 0.6 is 0 Å². The van der Waals surface area contributed by atoms with Gasteiger partial charge in [-0.2, -0.15) is 0 Å². The van der Waals surface area contributed by atoms with E-state index in [1.54, 1.807) is 0 Å². The lowest BCUT2D eigenvalue weighted by atomic mass is 9.90. The first-order chi connectivity index (χ1) is 31.9. The first-order valence-electron chi connectivity index (χ1n) is 22.7. The standard InChI is InChI=1S/C60H41N/c1-2-14-50(15-3-1)60-58-19-9-7-13-47(58)33-40-59(60)49-31-38-55(39-32-49)61(54-36-29-48(30-37-54)57-20-10-17-46-12-6-8-18-56(46)57)53-34-27-44(28-35-53)43-21-23-45(24-22-43)52-26-25-42-11-4-5-16-51(42)41-52/h1-41H/i27D,28D,34D,35D. The number of hydrogen-bond acceptors (Lipinski definition) is 1. The second kappa shape index (κ2) is 15.6. The van der Waals surface area contributed by atoms with E-state index in [1.807, 2.05) is 77.7 Å². The van der Waals surface area contributed by atoms with Gasteiger partial charge in [-0.25, -0.2) is 0 Å². The Morgan fingerprint density at radius 1 is 0.262 bits per heavy atom. The minimum Gasteiger partial charge on any atom is -0.311 e. The quantitative estimate of drug-likeness (QED) is 0.148. The molecule has 0 saturated carbocycles. The van der Waals surface area contributed by atoms with E-state index in [0.29, 0.717) is 16.9 Å². The normalized spacial score (nSPS) is 12.2. The third kappa shape index (κ3) is 6.93. The van der Waals surface area contributed by atoms with Gasteiger partial charge in [-0.15, -0.1) is 0 Å². The summed E-state index contributed by atoms with van der Waals surface area (Å²) in [4.78, 5) is 1.86. The molecule has 0 saturated heterocycles. The van der Waals surface area contributed by atoms with Gasteiger partial charge in [-0.3, -0.25) is 0 Å². The monoisotopic (exact) mass is 779 g/mol. The largest absolute Gasteiger partial charge is 0.311 e. The van der Waals surface area contributed by atoms with Crippen molar-refractivity contribution < 1.29 is 5.48 Å². The van der Waals surface area contributed by atoms with Gasteiger partial charge < -0.3 is 4.90 Å². The molecule has 0 radical (unpaired) electrons. The van der Waals surface area contributed by atoms with Crippen LogP contribution in [0.25, 0.3) is 88.0 Å². The molecule has 0 aliphatic rings. The van der Waals surface area contributed by atoms with Gasteiger partial charge in [0, 0.05) is 17.1 Å². The highest BCUT2D eigenvalue weighted by Gasteiger charge is 2.17. The summed E-state index contributed by atoms with van der Waals surface area (Å²) in [6.45, 7) is 0. The Bertz CT molecular complexity index is 3530. The Morgan fingerprint density at radius 3 is 1.44 bits per heavy atom. The third-order valence-corrected chi connectivity index (χ3v) is 11.7. The zero-order valence-corrected chi connectivity index (χ0v) is 33.3. The molecule has 0 fully saturated rings.